The van der Waals surface area contributed by atoms with E-state index in [-0.39, 0.29) is 12.1 Å². The van der Waals surface area contributed by atoms with E-state index in [1.807, 2.05) is 18.2 Å². The quantitative estimate of drug-likeness (QED) is 0.835. The van der Waals surface area contributed by atoms with Crippen molar-refractivity contribution < 1.29 is 4.79 Å². The molecule has 1 amide bonds. The molecule has 118 valence electrons. The summed E-state index contributed by atoms with van der Waals surface area (Å²) in [6, 6.07) is 18.6. The maximum absolute atomic E-state index is 12.9. The second-order valence-corrected chi connectivity index (χ2v) is 6.46. The number of rotatable bonds is 2. The van der Waals surface area contributed by atoms with Crippen LogP contribution in [0, 0.1) is 0 Å². The van der Waals surface area contributed by atoms with Gasteiger partial charge < -0.3 is 9.80 Å². The third-order valence-corrected chi connectivity index (χ3v) is 4.98. The highest BCUT2D eigenvalue weighted by molar-refractivity contribution is 6.02. The second kappa shape index (κ2) is 6.07. The first-order chi connectivity index (χ1) is 11.3. The van der Waals surface area contributed by atoms with Gasteiger partial charge in [-0.05, 0) is 37.0 Å². The third kappa shape index (κ3) is 2.61. The molecule has 23 heavy (non-hydrogen) atoms. The van der Waals surface area contributed by atoms with E-state index >= 15 is 0 Å². The van der Waals surface area contributed by atoms with Gasteiger partial charge in [0.1, 0.15) is 6.17 Å². The summed E-state index contributed by atoms with van der Waals surface area (Å²) in [6.07, 6.45) is 4.79. The van der Waals surface area contributed by atoms with E-state index in [0.29, 0.717) is 0 Å². The van der Waals surface area contributed by atoms with Crippen LogP contribution >= 0.6 is 0 Å². The summed E-state index contributed by atoms with van der Waals surface area (Å²) in [5.74, 6) is 0.205. The van der Waals surface area contributed by atoms with Crippen molar-refractivity contribution in [3.63, 3.8) is 0 Å². The molecular formula is C20H22N2O. The van der Waals surface area contributed by atoms with Crippen LogP contribution in [-0.4, -0.2) is 23.5 Å². The Balaban J connectivity index is 1.76. The number of hydrogen-bond donors (Lipinski definition) is 0. The molecule has 3 heteroatoms. The van der Waals surface area contributed by atoms with E-state index in [4.69, 9.17) is 0 Å². The zero-order chi connectivity index (χ0) is 15.6. The molecule has 4 rings (SSSR count). The Kier molecular flexibility index (Phi) is 3.78. The zero-order valence-electron chi connectivity index (χ0n) is 13.3. The Morgan fingerprint density at radius 2 is 1.70 bits per heavy atom. The first kappa shape index (κ1) is 14.3. The summed E-state index contributed by atoms with van der Waals surface area (Å²) in [4.78, 5) is 17.4. The van der Waals surface area contributed by atoms with Gasteiger partial charge in [0, 0.05) is 13.1 Å². The van der Waals surface area contributed by atoms with Crippen molar-refractivity contribution in [3.8, 4) is 0 Å². The van der Waals surface area contributed by atoms with Crippen LogP contribution in [0.25, 0.3) is 0 Å². The fraction of sp³-hybridized carbons (Fsp3) is 0.350. The van der Waals surface area contributed by atoms with Gasteiger partial charge >= 0.3 is 0 Å². The summed E-state index contributed by atoms with van der Waals surface area (Å²) in [6.45, 7) is 1.73. The Bertz CT molecular complexity index is 698. The van der Waals surface area contributed by atoms with Crippen LogP contribution in [0.2, 0.25) is 0 Å². The number of carbonyl (C=O) groups is 1. The van der Waals surface area contributed by atoms with Gasteiger partial charge in [-0.3, -0.25) is 4.79 Å². The van der Waals surface area contributed by atoms with Gasteiger partial charge in [-0.25, -0.2) is 0 Å². The van der Waals surface area contributed by atoms with Gasteiger partial charge in [-0.15, -0.1) is 0 Å². The number of amides is 1. The molecule has 1 atom stereocenters. The number of anilines is 1. The van der Waals surface area contributed by atoms with Crippen molar-refractivity contribution in [2.75, 3.05) is 11.4 Å². The van der Waals surface area contributed by atoms with Crippen molar-refractivity contribution in [2.45, 2.75) is 38.4 Å². The highest BCUT2D eigenvalue weighted by Gasteiger charge is 2.37. The Labute approximate surface area is 137 Å². The molecule has 0 radical (unpaired) electrons. The minimum absolute atomic E-state index is 0.195. The molecule has 2 aliphatic rings. The highest BCUT2D eigenvalue weighted by atomic mass is 16.2. The van der Waals surface area contributed by atoms with Gasteiger partial charge in [-0.1, -0.05) is 48.9 Å². The van der Waals surface area contributed by atoms with Crippen LogP contribution in [0.4, 0.5) is 5.69 Å². The fourth-order valence-corrected chi connectivity index (χ4v) is 3.84. The number of hydrogen-bond acceptors (Lipinski definition) is 2. The van der Waals surface area contributed by atoms with Crippen LogP contribution in [0.5, 0.6) is 0 Å². The first-order valence-corrected chi connectivity index (χ1v) is 8.55. The van der Waals surface area contributed by atoms with Crippen molar-refractivity contribution in [1.29, 1.82) is 0 Å². The SMILES string of the molecule is O=C1c2ccccc2N(Cc2ccccc2)C2CCCCCN12. The fourth-order valence-electron chi connectivity index (χ4n) is 3.84. The van der Waals surface area contributed by atoms with E-state index in [9.17, 15) is 4.79 Å². The van der Waals surface area contributed by atoms with Gasteiger partial charge in [0.25, 0.3) is 5.91 Å². The number of fused-ring (bicyclic) bond motifs is 2. The molecular weight excluding hydrogens is 284 g/mol. The second-order valence-electron chi connectivity index (χ2n) is 6.46. The molecule has 0 spiro atoms. The van der Waals surface area contributed by atoms with Crippen molar-refractivity contribution in [2.24, 2.45) is 0 Å². The molecule has 2 heterocycles. The summed E-state index contributed by atoms with van der Waals surface area (Å²) >= 11 is 0. The lowest BCUT2D eigenvalue weighted by Gasteiger charge is -2.45. The smallest absolute Gasteiger partial charge is 0.257 e. The van der Waals surface area contributed by atoms with Crippen molar-refractivity contribution in [3.05, 3.63) is 65.7 Å². The predicted octanol–water partition coefficient (Wildman–Crippen LogP) is 4.05. The molecule has 2 aromatic rings. The van der Waals surface area contributed by atoms with E-state index in [1.165, 1.54) is 18.4 Å². The van der Waals surface area contributed by atoms with Crippen LogP contribution in [-0.2, 0) is 6.54 Å². The molecule has 3 nitrogen and oxygen atoms in total. The monoisotopic (exact) mass is 306 g/mol. The van der Waals surface area contributed by atoms with E-state index in [1.54, 1.807) is 0 Å². The van der Waals surface area contributed by atoms with Crippen molar-refractivity contribution >= 4 is 11.6 Å². The zero-order valence-corrected chi connectivity index (χ0v) is 13.3. The number of carbonyl (C=O) groups excluding carboxylic acids is 1. The Morgan fingerprint density at radius 1 is 0.913 bits per heavy atom. The summed E-state index contributed by atoms with van der Waals surface area (Å²) in [5, 5.41) is 0. The summed E-state index contributed by atoms with van der Waals surface area (Å²) in [7, 11) is 0. The molecule has 0 aliphatic carbocycles. The average molecular weight is 306 g/mol. The van der Waals surface area contributed by atoms with Crippen LogP contribution in [0.1, 0.15) is 41.6 Å². The van der Waals surface area contributed by atoms with Crippen molar-refractivity contribution in [1.82, 2.24) is 4.90 Å². The summed E-state index contributed by atoms with van der Waals surface area (Å²) in [5.41, 5.74) is 3.23. The van der Waals surface area contributed by atoms with Crippen LogP contribution in [0.15, 0.2) is 54.6 Å². The predicted molar refractivity (Wildman–Crippen MR) is 92.4 cm³/mol. The molecule has 0 aromatic heterocycles. The molecule has 1 unspecified atom stereocenters. The lowest BCUT2D eigenvalue weighted by Crippen LogP contribution is -2.54. The Morgan fingerprint density at radius 3 is 2.57 bits per heavy atom. The lowest BCUT2D eigenvalue weighted by atomic mass is 10.0. The minimum atomic E-state index is 0.195. The molecule has 0 N–H and O–H groups in total. The molecule has 0 bridgehead atoms. The van der Waals surface area contributed by atoms with Gasteiger partial charge in [-0.2, -0.15) is 0 Å². The largest absolute Gasteiger partial charge is 0.346 e. The molecule has 2 aliphatic heterocycles. The summed E-state index contributed by atoms with van der Waals surface area (Å²) < 4.78 is 0. The molecule has 0 saturated carbocycles. The van der Waals surface area contributed by atoms with Gasteiger partial charge in [0.05, 0.1) is 11.3 Å². The minimum Gasteiger partial charge on any atom is -0.346 e. The number of nitrogens with zero attached hydrogens (tertiary/aromatic N) is 2. The average Bonchev–Trinajstić information content (AvgIpc) is 2.86. The third-order valence-electron chi connectivity index (χ3n) is 4.98. The Hall–Kier alpha value is -2.29. The lowest BCUT2D eigenvalue weighted by molar-refractivity contribution is 0.0654. The molecule has 1 fully saturated rings. The first-order valence-electron chi connectivity index (χ1n) is 8.55. The van der Waals surface area contributed by atoms with E-state index in [2.05, 4.69) is 46.2 Å². The van der Waals surface area contributed by atoms with E-state index in [0.717, 1.165) is 37.2 Å². The van der Waals surface area contributed by atoms with Gasteiger partial charge in [0.2, 0.25) is 0 Å². The van der Waals surface area contributed by atoms with E-state index < -0.39 is 0 Å². The number of benzene rings is 2. The standard InChI is InChI=1S/C20H22N2O/c23-20-17-11-6-7-12-18(17)22(15-16-9-3-1-4-10-16)19-13-5-2-8-14-21(19)20/h1,3-4,6-7,9-12,19H,2,5,8,13-15H2. The highest BCUT2D eigenvalue weighted by Crippen LogP contribution is 2.35. The molecule has 1 saturated heterocycles. The number of para-hydroxylation sites is 1. The maximum atomic E-state index is 12.9. The van der Waals surface area contributed by atoms with Gasteiger partial charge in [0.15, 0.2) is 0 Å². The van der Waals surface area contributed by atoms with Crippen LogP contribution in [0.3, 0.4) is 0 Å². The topological polar surface area (TPSA) is 23.6 Å². The normalized spacial score (nSPS) is 20.7. The molecule has 2 aromatic carbocycles. The maximum Gasteiger partial charge on any atom is 0.257 e. The van der Waals surface area contributed by atoms with Crippen LogP contribution < -0.4 is 4.90 Å².